The van der Waals surface area contributed by atoms with Crippen molar-refractivity contribution in [2.45, 2.75) is 6.92 Å². The van der Waals surface area contributed by atoms with Gasteiger partial charge in [-0.2, -0.15) is 0 Å². The standard InChI is InChI=1S/C15H11ClO3/c1-9-6-13(14(16)7-12(9)8-17)10-2-4-11(5-3-10)15(18)19/h2-8H,1H3,(H,18,19). The van der Waals surface area contributed by atoms with Crippen LogP contribution in [0.5, 0.6) is 0 Å². The lowest BCUT2D eigenvalue weighted by molar-refractivity contribution is 0.0696. The monoisotopic (exact) mass is 274 g/mol. The molecule has 0 aliphatic rings. The number of carbonyl (C=O) groups is 2. The molecule has 2 rings (SSSR count). The van der Waals surface area contributed by atoms with Gasteiger partial charge in [-0.3, -0.25) is 4.79 Å². The first-order chi connectivity index (χ1) is 9.02. The van der Waals surface area contributed by atoms with Crippen LogP contribution in [-0.2, 0) is 0 Å². The number of rotatable bonds is 3. The molecule has 0 amide bonds. The SMILES string of the molecule is Cc1cc(-c2ccc(C(=O)O)cc2)c(Cl)cc1C=O. The van der Waals surface area contributed by atoms with Gasteiger partial charge in [0.05, 0.1) is 5.56 Å². The average molecular weight is 275 g/mol. The van der Waals surface area contributed by atoms with Crippen LogP contribution in [0, 0.1) is 6.92 Å². The first-order valence-corrected chi connectivity index (χ1v) is 6.00. The van der Waals surface area contributed by atoms with Gasteiger partial charge in [-0.15, -0.1) is 0 Å². The molecule has 0 spiro atoms. The van der Waals surface area contributed by atoms with E-state index < -0.39 is 5.97 Å². The summed E-state index contributed by atoms with van der Waals surface area (Å²) >= 11 is 6.14. The average Bonchev–Trinajstić information content (AvgIpc) is 2.41. The van der Waals surface area contributed by atoms with E-state index in [-0.39, 0.29) is 5.56 Å². The lowest BCUT2D eigenvalue weighted by atomic mass is 9.99. The minimum absolute atomic E-state index is 0.223. The lowest BCUT2D eigenvalue weighted by Crippen LogP contribution is -1.95. The van der Waals surface area contributed by atoms with Crippen LogP contribution in [0.1, 0.15) is 26.3 Å². The largest absolute Gasteiger partial charge is 0.478 e. The number of carboxylic acid groups (broad SMARTS) is 1. The zero-order valence-corrected chi connectivity index (χ0v) is 10.9. The van der Waals surface area contributed by atoms with Crippen molar-refractivity contribution < 1.29 is 14.7 Å². The first kappa shape index (κ1) is 13.3. The highest BCUT2D eigenvalue weighted by atomic mass is 35.5. The number of halogens is 1. The Bertz CT molecular complexity index is 645. The van der Waals surface area contributed by atoms with Gasteiger partial charge in [0.1, 0.15) is 6.29 Å². The molecule has 4 heteroatoms. The quantitative estimate of drug-likeness (QED) is 0.866. The summed E-state index contributed by atoms with van der Waals surface area (Å²) in [7, 11) is 0. The fourth-order valence-corrected chi connectivity index (χ4v) is 2.12. The Kier molecular flexibility index (Phi) is 3.67. The van der Waals surface area contributed by atoms with E-state index >= 15 is 0 Å². The van der Waals surface area contributed by atoms with Gasteiger partial charge in [0.2, 0.25) is 0 Å². The molecule has 0 aliphatic heterocycles. The molecule has 0 radical (unpaired) electrons. The fraction of sp³-hybridized carbons (Fsp3) is 0.0667. The smallest absolute Gasteiger partial charge is 0.335 e. The van der Waals surface area contributed by atoms with E-state index in [0.717, 1.165) is 23.0 Å². The van der Waals surface area contributed by atoms with Gasteiger partial charge in [0.15, 0.2) is 0 Å². The van der Waals surface area contributed by atoms with E-state index in [1.54, 1.807) is 18.2 Å². The highest BCUT2D eigenvalue weighted by Crippen LogP contribution is 2.30. The van der Waals surface area contributed by atoms with Crippen LogP contribution in [0.15, 0.2) is 36.4 Å². The van der Waals surface area contributed by atoms with Crippen molar-refractivity contribution in [3.05, 3.63) is 58.1 Å². The minimum Gasteiger partial charge on any atom is -0.478 e. The Morgan fingerprint density at radius 2 is 1.84 bits per heavy atom. The molecular weight excluding hydrogens is 264 g/mol. The van der Waals surface area contributed by atoms with E-state index in [4.69, 9.17) is 16.7 Å². The summed E-state index contributed by atoms with van der Waals surface area (Å²) in [6.45, 7) is 1.83. The van der Waals surface area contributed by atoms with E-state index in [1.807, 2.05) is 13.0 Å². The summed E-state index contributed by atoms with van der Waals surface area (Å²) in [6, 6.07) is 9.88. The van der Waals surface area contributed by atoms with E-state index in [2.05, 4.69) is 0 Å². The number of carboxylic acids is 1. The summed E-state index contributed by atoms with van der Waals surface area (Å²) in [5.74, 6) is -0.967. The van der Waals surface area contributed by atoms with Gasteiger partial charge in [-0.25, -0.2) is 4.79 Å². The molecule has 96 valence electrons. The van der Waals surface area contributed by atoms with Crippen LogP contribution < -0.4 is 0 Å². The fourth-order valence-electron chi connectivity index (χ4n) is 1.84. The van der Waals surface area contributed by atoms with Crippen molar-refractivity contribution in [3.8, 4) is 11.1 Å². The third kappa shape index (κ3) is 2.66. The Morgan fingerprint density at radius 1 is 1.21 bits per heavy atom. The third-order valence-corrected chi connectivity index (χ3v) is 3.24. The molecule has 0 saturated carbocycles. The molecule has 0 bridgehead atoms. The normalized spacial score (nSPS) is 10.2. The Morgan fingerprint density at radius 3 is 2.37 bits per heavy atom. The van der Waals surface area contributed by atoms with Crippen molar-refractivity contribution in [3.63, 3.8) is 0 Å². The maximum atomic E-state index is 10.8. The van der Waals surface area contributed by atoms with Crippen LogP contribution >= 0.6 is 11.6 Å². The van der Waals surface area contributed by atoms with Crippen molar-refractivity contribution in [2.75, 3.05) is 0 Å². The zero-order valence-electron chi connectivity index (χ0n) is 10.2. The maximum Gasteiger partial charge on any atom is 0.335 e. The number of hydrogen-bond acceptors (Lipinski definition) is 2. The van der Waals surface area contributed by atoms with Gasteiger partial charge < -0.3 is 5.11 Å². The third-order valence-electron chi connectivity index (χ3n) is 2.93. The number of aryl methyl sites for hydroxylation is 1. The second kappa shape index (κ2) is 5.24. The molecule has 0 aliphatic carbocycles. The number of carbonyl (C=O) groups excluding carboxylic acids is 1. The molecule has 0 fully saturated rings. The predicted octanol–water partition coefficient (Wildman–Crippen LogP) is 3.83. The van der Waals surface area contributed by atoms with Gasteiger partial charge >= 0.3 is 5.97 Å². The molecular formula is C15H11ClO3. The van der Waals surface area contributed by atoms with Crippen molar-refractivity contribution in [1.82, 2.24) is 0 Å². The zero-order chi connectivity index (χ0) is 14.0. The second-order valence-corrected chi connectivity index (χ2v) is 4.60. The van der Waals surface area contributed by atoms with Gasteiger partial charge in [0, 0.05) is 16.1 Å². The maximum absolute atomic E-state index is 10.8. The Balaban J connectivity index is 2.49. The molecule has 2 aromatic rings. The van der Waals surface area contributed by atoms with E-state index in [1.165, 1.54) is 12.1 Å². The Hall–Kier alpha value is -2.13. The number of benzene rings is 2. The lowest BCUT2D eigenvalue weighted by Gasteiger charge is -2.08. The number of aromatic carboxylic acids is 1. The molecule has 1 N–H and O–H groups in total. The molecule has 0 saturated heterocycles. The Labute approximate surface area is 115 Å². The van der Waals surface area contributed by atoms with Gasteiger partial charge in [-0.1, -0.05) is 23.7 Å². The summed E-state index contributed by atoms with van der Waals surface area (Å²) in [5.41, 5.74) is 3.20. The van der Waals surface area contributed by atoms with Crippen molar-refractivity contribution in [1.29, 1.82) is 0 Å². The van der Waals surface area contributed by atoms with Crippen LogP contribution in [-0.4, -0.2) is 17.4 Å². The van der Waals surface area contributed by atoms with Gasteiger partial charge in [-0.05, 0) is 42.3 Å². The van der Waals surface area contributed by atoms with Crippen molar-refractivity contribution >= 4 is 23.9 Å². The summed E-state index contributed by atoms with van der Waals surface area (Å²) in [6.07, 6.45) is 0.762. The topological polar surface area (TPSA) is 54.4 Å². The first-order valence-electron chi connectivity index (χ1n) is 5.62. The summed E-state index contributed by atoms with van der Waals surface area (Å²) in [5, 5.41) is 9.32. The van der Waals surface area contributed by atoms with Crippen molar-refractivity contribution in [2.24, 2.45) is 0 Å². The van der Waals surface area contributed by atoms with Crippen LogP contribution in [0.2, 0.25) is 5.02 Å². The van der Waals surface area contributed by atoms with E-state index in [9.17, 15) is 9.59 Å². The highest BCUT2D eigenvalue weighted by molar-refractivity contribution is 6.33. The van der Waals surface area contributed by atoms with E-state index in [0.29, 0.717) is 10.6 Å². The summed E-state index contributed by atoms with van der Waals surface area (Å²) in [4.78, 5) is 21.6. The van der Waals surface area contributed by atoms with Crippen LogP contribution in [0.25, 0.3) is 11.1 Å². The number of hydrogen-bond donors (Lipinski definition) is 1. The second-order valence-electron chi connectivity index (χ2n) is 4.19. The number of aldehydes is 1. The molecule has 0 heterocycles. The molecule has 0 aromatic heterocycles. The van der Waals surface area contributed by atoms with Crippen LogP contribution in [0.4, 0.5) is 0 Å². The predicted molar refractivity (Wildman–Crippen MR) is 74.0 cm³/mol. The molecule has 0 unspecified atom stereocenters. The molecule has 19 heavy (non-hydrogen) atoms. The summed E-state index contributed by atoms with van der Waals surface area (Å²) < 4.78 is 0. The minimum atomic E-state index is -0.967. The van der Waals surface area contributed by atoms with Crippen LogP contribution in [0.3, 0.4) is 0 Å². The highest BCUT2D eigenvalue weighted by Gasteiger charge is 2.09. The van der Waals surface area contributed by atoms with Gasteiger partial charge in [0.25, 0.3) is 0 Å². The molecule has 0 atom stereocenters. The molecule has 2 aromatic carbocycles. The molecule has 3 nitrogen and oxygen atoms in total.